The minimum atomic E-state index is -3.70. The van der Waals surface area contributed by atoms with Gasteiger partial charge in [0.25, 0.3) is 5.56 Å². The number of carbonyl (C=O) groups is 1. The fraction of sp³-hybridized carbons (Fsp3) is 0.368. The Morgan fingerprint density at radius 3 is 2.29 bits per heavy atom. The number of hydrogen-bond donors (Lipinski definition) is 1. The molecule has 0 radical (unpaired) electrons. The van der Waals surface area contributed by atoms with Gasteiger partial charge in [0.2, 0.25) is 15.9 Å². The van der Waals surface area contributed by atoms with E-state index in [-0.39, 0.29) is 11.4 Å². The molecule has 0 spiro atoms. The van der Waals surface area contributed by atoms with Crippen molar-refractivity contribution in [2.45, 2.75) is 37.1 Å². The molecule has 1 aromatic heterocycles. The fourth-order valence-electron chi connectivity index (χ4n) is 3.11. The maximum atomic E-state index is 12.9. The number of carbonyl (C=O) groups excluding carboxylic acids is 1. The Morgan fingerprint density at radius 2 is 1.64 bits per heavy atom. The SMILES string of the molecule is O=C(Cn1cc(S(=O)(=O)N2CCCCCC2)ccc1=O)Nc1ccc(Cl)cc1. The average molecular weight is 424 g/mol. The molecule has 9 heteroatoms. The van der Waals surface area contributed by atoms with E-state index in [0.717, 1.165) is 30.3 Å². The Hall–Kier alpha value is -2.16. The molecule has 7 nitrogen and oxygen atoms in total. The molecule has 1 aliphatic heterocycles. The van der Waals surface area contributed by atoms with Crippen LogP contribution in [0.4, 0.5) is 5.69 Å². The molecule has 1 aliphatic rings. The van der Waals surface area contributed by atoms with Crippen molar-refractivity contribution in [3.05, 3.63) is 58.0 Å². The first-order valence-electron chi connectivity index (χ1n) is 9.12. The maximum absolute atomic E-state index is 12.9. The Kier molecular flexibility index (Phi) is 6.53. The van der Waals surface area contributed by atoms with Gasteiger partial charge < -0.3 is 9.88 Å². The number of nitrogens with one attached hydrogen (secondary N) is 1. The number of pyridine rings is 1. The summed E-state index contributed by atoms with van der Waals surface area (Å²) in [5.74, 6) is -0.436. The van der Waals surface area contributed by atoms with E-state index in [1.807, 2.05) is 0 Å². The third-order valence-corrected chi connectivity index (χ3v) is 6.74. The summed E-state index contributed by atoms with van der Waals surface area (Å²) in [6.07, 6.45) is 4.90. The van der Waals surface area contributed by atoms with Crippen LogP contribution in [0.3, 0.4) is 0 Å². The molecule has 2 aromatic rings. The molecule has 1 saturated heterocycles. The lowest BCUT2D eigenvalue weighted by Gasteiger charge is -2.20. The number of benzene rings is 1. The molecule has 150 valence electrons. The Morgan fingerprint density at radius 1 is 1.00 bits per heavy atom. The summed E-state index contributed by atoms with van der Waals surface area (Å²) >= 11 is 5.81. The maximum Gasteiger partial charge on any atom is 0.251 e. The van der Waals surface area contributed by atoms with Crippen LogP contribution in [0.15, 0.2) is 52.3 Å². The topological polar surface area (TPSA) is 88.5 Å². The van der Waals surface area contributed by atoms with Crippen molar-refractivity contribution >= 4 is 33.2 Å². The van der Waals surface area contributed by atoms with Crippen LogP contribution in [0.25, 0.3) is 0 Å². The van der Waals surface area contributed by atoms with E-state index < -0.39 is 21.5 Å². The van der Waals surface area contributed by atoms with E-state index in [1.165, 1.54) is 22.6 Å². The molecule has 3 rings (SSSR count). The molecule has 0 unspecified atom stereocenters. The molecule has 0 atom stereocenters. The largest absolute Gasteiger partial charge is 0.325 e. The van der Waals surface area contributed by atoms with Gasteiger partial charge in [0, 0.05) is 36.1 Å². The molecule has 0 aliphatic carbocycles. The number of anilines is 1. The van der Waals surface area contributed by atoms with Gasteiger partial charge in [-0.3, -0.25) is 9.59 Å². The van der Waals surface area contributed by atoms with Gasteiger partial charge >= 0.3 is 0 Å². The predicted octanol–water partition coefficient (Wildman–Crippen LogP) is 2.71. The number of nitrogens with zero attached hydrogens (tertiary/aromatic N) is 2. The fourth-order valence-corrected chi connectivity index (χ4v) is 4.77. The quantitative estimate of drug-likeness (QED) is 0.800. The van der Waals surface area contributed by atoms with E-state index in [4.69, 9.17) is 11.6 Å². The molecular weight excluding hydrogens is 402 g/mol. The van der Waals surface area contributed by atoms with Crippen molar-refractivity contribution in [2.75, 3.05) is 18.4 Å². The van der Waals surface area contributed by atoms with Crippen molar-refractivity contribution in [1.82, 2.24) is 8.87 Å². The van der Waals surface area contributed by atoms with Crippen LogP contribution in [0.2, 0.25) is 5.02 Å². The second kappa shape index (κ2) is 8.89. The normalized spacial score (nSPS) is 15.8. The van der Waals surface area contributed by atoms with Gasteiger partial charge in [-0.05, 0) is 43.2 Å². The van der Waals surface area contributed by atoms with E-state index in [1.54, 1.807) is 24.3 Å². The Bertz CT molecular complexity index is 995. The second-order valence-corrected chi connectivity index (χ2v) is 9.08. The lowest BCUT2D eigenvalue weighted by molar-refractivity contribution is -0.116. The first-order chi connectivity index (χ1) is 13.4. The van der Waals surface area contributed by atoms with Crippen LogP contribution in [-0.4, -0.2) is 36.3 Å². The van der Waals surface area contributed by atoms with E-state index >= 15 is 0 Å². The van der Waals surface area contributed by atoms with Crippen LogP contribution in [0, 0.1) is 0 Å². The molecular formula is C19H22ClN3O4S. The minimum Gasteiger partial charge on any atom is -0.325 e. The van der Waals surface area contributed by atoms with Gasteiger partial charge in [-0.1, -0.05) is 24.4 Å². The highest BCUT2D eigenvalue weighted by Gasteiger charge is 2.25. The van der Waals surface area contributed by atoms with E-state index in [9.17, 15) is 18.0 Å². The van der Waals surface area contributed by atoms with Crippen LogP contribution in [-0.2, 0) is 21.4 Å². The molecule has 2 heterocycles. The van der Waals surface area contributed by atoms with Gasteiger partial charge in [0.05, 0.1) is 4.90 Å². The Labute approximate surface area is 169 Å². The standard InChI is InChI=1S/C19H22ClN3O4S/c20-15-5-7-16(8-6-15)21-18(24)14-22-13-17(9-10-19(22)25)28(26,27)23-11-3-1-2-4-12-23/h5-10,13H,1-4,11-12,14H2,(H,21,24). The van der Waals surface area contributed by atoms with Crippen molar-refractivity contribution in [2.24, 2.45) is 0 Å². The van der Waals surface area contributed by atoms with Crippen LogP contribution < -0.4 is 10.9 Å². The van der Waals surface area contributed by atoms with Crippen molar-refractivity contribution in [3.63, 3.8) is 0 Å². The smallest absolute Gasteiger partial charge is 0.251 e. The average Bonchev–Trinajstić information content (AvgIpc) is 2.95. The summed E-state index contributed by atoms with van der Waals surface area (Å²) in [6, 6.07) is 9.04. The zero-order valence-corrected chi connectivity index (χ0v) is 16.9. The van der Waals surface area contributed by atoms with Crippen molar-refractivity contribution in [3.8, 4) is 0 Å². The summed E-state index contributed by atoms with van der Waals surface area (Å²) in [7, 11) is -3.70. The summed E-state index contributed by atoms with van der Waals surface area (Å²) < 4.78 is 28.4. The van der Waals surface area contributed by atoms with E-state index in [2.05, 4.69) is 5.32 Å². The first kappa shape index (κ1) is 20.6. The summed E-state index contributed by atoms with van der Waals surface area (Å²) in [6.45, 7) is 0.655. The third-order valence-electron chi connectivity index (χ3n) is 4.60. The van der Waals surface area contributed by atoms with E-state index in [0.29, 0.717) is 23.8 Å². The van der Waals surface area contributed by atoms with Crippen LogP contribution >= 0.6 is 11.6 Å². The van der Waals surface area contributed by atoms with Crippen molar-refractivity contribution < 1.29 is 13.2 Å². The van der Waals surface area contributed by atoms with Gasteiger partial charge in [-0.25, -0.2) is 8.42 Å². The lowest BCUT2D eigenvalue weighted by atomic mass is 10.2. The number of hydrogen-bond acceptors (Lipinski definition) is 4. The second-order valence-electron chi connectivity index (χ2n) is 6.70. The van der Waals surface area contributed by atoms with Crippen LogP contribution in [0.5, 0.6) is 0 Å². The predicted molar refractivity (Wildman–Crippen MR) is 108 cm³/mol. The highest BCUT2D eigenvalue weighted by molar-refractivity contribution is 7.89. The zero-order valence-electron chi connectivity index (χ0n) is 15.3. The molecule has 0 bridgehead atoms. The number of sulfonamides is 1. The van der Waals surface area contributed by atoms with Crippen LogP contribution in [0.1, 0.15) is 25.7 Å². The highest BCUT2D eigenvalue weighted by atomic mass is 35.5. The monoisotopic (exact) mass is 423 g/mol. The molecule has 1 N–H and O–H groups in total. The molecule has 1 aromatic carbocycles. The molecule has 1 amide bonds. The number of aromatic nitrogens is 1. The highest BCUT2D eigenvalue weighted by Crippen LogP contribution is 2.19. The lowest BCUT2D eigenvalue weighted by Crippen LogP contribution is -2.33. The number of rotatable bonds is 5. The summed E-state index contributed by atoms with van der Waals surface area (Å²) in [4.78, 5) is 24.4. The molecule has 0 saturated carbocycles. The summed E-state index contributed by atoms with van der Waals surface area (Å²) in [5.41, 5.74) is 0.0943. The summed E-state index contributed by atoms with van der Waals surface area (Å²) in [5, 5.41) is 3.20. The number of halogens is 1. The Balaban J connectivity index is 1.78. The van der Waals surface area contributed by atoms with Gasteiger partial charge in [0.15, 0.2) is 0 Å². The van der Waals surface area contributed by atoms with Gasteiger partial charge in [-0.15, -0.1) is 0 Å². The third kappa shape index (κ3) is 5.01. The molecule has 1 fully saturated rings. The zero-order chi connectivity index (χ0) is 20.1. The minimum absolute atomic E-state index is 0.0216. The van der Waals surface area contributed by atoms with Crippen molar-refractivity contribution in [1.29, 1.82) is 0 Å². The van der Waals surface area contributed by atoms with Gasteiger partial charge in [-0.2, -0.15) is 4.31 Å². The molecule has 28 heavy (non-hydrogen) atoms. The first-order valence-corrected chi connectivity index (χ1v) is 10.9. The van der Waals surface area contributed by atoms with Gasteiger partial charge in [0.1, 0.15) is 6.54 Å². The number of amides is 1.